The van der Waals surface area contributed by atoms with Gasteiger partial charge in [-0.15, -0.1) is 0 Å². The maximum absolute atomic E-state index is 12.9. The molecule has 1 N–H and O–H groups in total. The molecule has 1 aliphatic heterocycles. The van der Waals surface area contributed by atoms with Crippen molar-refractivity contribution in [3.8, 4) is 5.69 Å². The summed E-state index contributed by atoms with van der Waals surface area (Å²) in [6, 6.07) is 11.5. The Bertz CT molecular complexity index is 659. The Morgan fingerprint density at radius 3 is 2.48 bits per heavy atom. The third kappa shape index (κ3) is 3.30. The van der Waals surface area contributed by atoms with Crippen LogP contribution in [0.25, 0.3) is 5.69 Å². The molecule has 1 aliphatic rings. The van der Waals surface area contributed by atoms with Gasteiger partial charge in [0.15, 0.2) is 0 Å². The number of carbonyl (C=O) groups excluding carboxylic acids is 1. The summed E-state index contributed by atoms with van der Waals surface area (Å²) in [6.45, 7) is 1.40. The maximum atomic E-state index is 12.9. The molecule has 5 nitrogen and oxygen atoms in total. The zero-order valence-electron chi connectivity index (χ0n) is 13.3. The number of hydrogen-bond donors (Lipinski definition) is 1. The van der Waals surface area contributed by atoms with Crippen molar-refractivity contribution in [3.63, 3.8) is 0 Å². The van der Waals surface area contributed by atoms with Crippen molar-refractivity contribution in [2.24, 2.45) is 0 Å². The van der Waals surface area contributed by atoms with E-state index in [0.29, 0.717) is 38.1 Å². The lowest BCUT2D eigenvalue weighted by Gasteiger charge is -2.37. The van der Waals surface area contributed by atoms with Crippen LogP contribution in [-0.4, -0.2) is 52.9 Å². The average molecular weight is 314 g/mol. The zero-order valence-corrected chi connectivity index (χ0v) is 13.3. The number of carbonyl (C=O) groups is 1. The SMILES string of the molecule is COCC1(O)CCN(C(=O)c2ccccc2-n2cccc2)CC1. The lowest BCUT2D eigenvalue weighted by atomic mass is 9.92. The largest absolute Gasteiger partial charge is 0.387 e. The number of aliphatic hydroxyl groups is 1. The van der Waals surface area contributed by atoms with Crippen molar-refractivity contribution in [2.75, 3.05) is 26.8 Å². The lowest BCUT2D eigenvalue weighted by Crippen LogP contribution is -2.49. The summed E-state index contributed by atoms with van der Waals surface area (Å²) in [5.74, 6) is 0.00812. The van der Waals surface area contributed by atoms with Crippen LogP contribution < -0.4 is 0 Å². The van der Waals surface area contributed by atoms with Gasteiger partial charge in [0.2, 0.25) is 0 Å². The van der Waals surface area contributed by atoms with E-state index in [1.807, 2.05) is 58.3 Å². The Hall–Kier alpha value is -2.11. The molecule has 1 aromatic heterocycles. The molecule has 0 saturated carbocycles. The standard InChI is InChI=1S/C18H22N2O3/c1-23-14-18(22)8-12-20(13-9-18)17(21)15-6-2-3-7-16(15)19-10-4-5-11-19/h2-7,10-11,22H,8-9,12-14H2,1H3. The van der Waals surface area contributed by atoms with Crippen LogP contribution in [0.15, 0.2) is 48.8 Å². The highest BCUT2D eigenvalue weighted by Gasteiger charge is 2.34. The van der Waals surface area contributed by atoms with Gasteiger partial charge in [-0.1, -0.05) is 12.1 Å². The van der Waals surface area contributed by atoms with Crippen molar-refractivity contribution in [1.29, 1.82) is 0 Å². The van der Waals surface area contributed by atoms with Crippen molar-refractivity contribution in [3.05, 3.63) is 54.4 Å². The predicted octanol–water partition coefficient (Wildman–Crippen LogP) is 2.09. The predicted molar refractivity (Wildman–Crippen MR) is 87.7 cm³/mol. The molecule has 122 valence electrons. The van der Waals surface area contributed by atoms with Gasteiger partial charge in [0, 0.05) is 32.6 Å². The van der Waals surface area contributed by atoms with E-state index < -0.39 is 5.60 Å². The first-order valence-electron chi connectivity index (χ1n) is 7.86. The quantitative estimate of drug-likeness (QED) is 0.940. The normalized spacial score (nSPS) is 17.2. The number of aromatic nitrogens is 1. The highest BCUT2D eigenvalue weighted by atomic mass is 16.5. The van der Waals surface area contributed by atoms with E-state index in [9.17, 15) is 9.90 Å². The third-order valence-corrected chi connectivity index (χ3v) is 4.41. The summed E-state index contributed by atoms with van der Waals surface area (Å²) < 4.78 is 7.02. The number of benzene rings is 1. The molecule has 1 amide bonds. The van der Waals surface area contributed by atoms with E-state index in [4.69, 9.17) is 4.74 Å². The molecule has 0 aliphatic carbocycles. The Morgan fingerprint density at radius 1 is 1.17 bits per heavy atom. The number of amides is 1. The second-order valence-electron chi connectivity index (χ2n) is 6.06. The molecule has 0 unspecified atom stereocenters. The van der Waals surface area contributed by atoms with Gasteiger partial charge < -0.3 is 19.3 Å². The first-order chi connectivity index (χ1) is 11.1. The van der Waals surface area contributed by atoms with E-state index in [1.165, 1.54) is 0 Å². The van der Waals surface area contributed by atoms with Gasteiger partial charge in [-0.2, -0.15) is 0 Å². The van der Waals surface area contributed by atoms with Crippen LogP contribution in [0.5, 0.6) is 0 Å². The topological polar surface area (TPSA) is 54.7 Å². The molecule has 3 rings (SSSR count). The molecule has 0 atom stereocenters. The van der Waals surface area contributed by atoms with Gasteiger partial charge in [0.1, 0.15) is 0 Å². The Balaban J connectivity index is 1.78. The number of piperidine rings is 1. The van der Waals surface area contributed by atoms with Gasteiger partial charge >= 0.3 is 0 Å². The maximum Gasteiger partial charge on any atom is 0.255 e. The number of hydrogen-bond acceptors (Lipinski definition) is 3. The molecule has 1 aromatic carbocycles. The fourth-order valence-electron chi connectivity index (χ4n) is 3.08. The van der Waals surface area contributed by atoms with E-state index in [1.54, 1.807) is 7.11 Å². The first kappa shape index (κ1) is 15.8. The lowest BCUT2D eigenvalue weighted by molar-refractivity contribution is -0.0662. The fourth-order valence-corrected chi connectivity index (χ4v) is 3.08. The van der Waals surface area contributed by atoms with Crippen LogP contribution in [0.4, 0.5) is 0 Å². The van der Waals surface area contributed by atoms with E-state index in [0.717, 1.165) is 5.69 Å². The second kappa shape index (κ2) is 6.56. The van der Waals surface area contributed by atoms with Crippen molar-refractivity contribution >= 4 is 5.91 Å². The molecule has 0 radical (unpaired) electrons. The third-order valence-electron chi connectivity index (χ3n) is 4.41. The van der Waals surface area contributed by atoms with E-state index >= 15 is 0 Å². The molecule has 1 saturated heterocycles. The van der Waals surface area contributed by atoms with Gasteiger partial charge in [-0.25, -0.2) is 0 Å². The Labute approximate surface area is 136 Å². The monoisotopic (exact) mass is 314 g/mol. The van der Waals surface area contributed by atoms with E-state index in [2.05, 4.69) is 0 Å². The molecule has 1 fully saturated rings. The molecule has 23 heavy (non-hydrogen) atoms. The van der Waals surface area contributed by atoms with Crippen LogP contribution in [0.2, 0.25) is 0 Å². The fraction of sp³-hybridized carbons (Fsp3) is 0.389. The summed E-state index contributed by atoms with van der Waals surface area (Å²) in [6.07, 6.45) is 4.94. The molecule has 0 spiro atoms. The second-order valence-corrected chi connectivity index (χ2v) is 6.06. The summed E-state index contributed by atoms with van der Waals surface area (Å²) in [5.41, 5.74) is 0.743. The van der Waals surface area contributed by atoms with Crippen LogP contribution in [0.1, 0.15) is 23.2 Å². The Kier molecular flexibility index (Phi) is 4.50. The number of methoxy groups -OCH3 is 1. The van der Waals surface area contributed by atoms with Gasteiger partial charge in [-0.05, 0) is 37.1 Å². The van der Waals surface area contributed by atoms with Crippen LogP contribution in [0, 0.1) is 0 Å². The highest BCUT2D eigenvalue weighted by Crippen LogP contribution is 2.25. The number of rotatable bonds is 4. The summed E-state index contributed by atoms with van der Waals surface area (Å²) in [5, 5.41) is 10.4. The molecule has 2 aromatic rings. The van der Waals surface area contributed by atoms with E-state index in [-0.39, 0.29) is 5.91 Å². The van der Waals surface area contributed by atoms with Crippen molar-refractivity contribution < 1.29 is 14.6 Å². The number of ether oxygens (including phenoxy) is 1. The average Bonchev–Trinajstić information content (AvgIpc) is 3.09. The summed E-state index contributed by atoms with van der Waals surface area (Å²) in [7, 11) is 1.59. The molecule has 2 heterocycles. The number of likely N-dealkylation sites (tertiary alicyclic amines) is 1. The molecular formula is C18H22N2O3. The van der Waals surface area contributed by atoms with Gasteiger partial charge in [-0.3, -0.25) is 4.79 Å². The number of nitrogens with zero attached hydrogens (tertiary/aromatic N) is 2. The highest BCUT2D eigenvalue weighted by molar-refractivity contribution is 5.97. The van der Waals surface area contributed by atoms with Crippen molar-refractivity contribution in [1.82, 2.24) is 9.47 Å². The van der Waals surface area contributed by atoms with Crippen molar-refractivity contribution in [2.45, 2.75) is 18.4 Å². The van der Waals surface area contributed by atoms with Gasteiger partial charge in [0.05, 0.1) is 23.5 Å². The zero-order chi connectivity index (χ0) is 16.3. The molecule has 5 heteroatoms. The minimum atomic E-state index is -0.814. The molecule has 0 bridgehead atoms. The summed E-state index contributed by atoms with van der Waals surface area (Å²) >= 11 is 0. The minimum Gasteiger partial charge on any atom is -0.387 e. The summed E-state index contributed by atoms with van der Waals surface area (Å²) in [4.78, 5) is 14.7. The van der Waals surface area contributed by atoms with Crippen LogP contribution >= 0.6 is 0 Å². The first-order valence-corrected chi connectivity index (χ1v) is 7.86. The number of para-hydroxylation sites is 1. The van der Waals surface area contributed by atoms with Crippen LogP contribution in [0.3, 0.4) is 0 Å². The Morgan fingerprint density at radius 2 is 1.83 bits per heavy atom. The van der Waals surface area contributed by atoms with Gasteiger partial charge in [0.25, 0.3) is 5.91 Å². The van der Waals surface area contributed by atoms with Crippen LogP contribution in [-0.2, 0) is 4.74 Å². The minimum absolute atomic E-state index is 0.00812. The smallest absolute Gasteiger partial charge is 0.255 e. The molecular weight excluding hydrogens is 292 g/mol.